The van der Waals surface area contributed by atoms with E-state index < -0.39 is 9.84 Å². The second-order valence-electron chi connectivity index (χ2n) is 6.59. The standard InChI is InChI=1S/C14H24O4S/c1-13(2)14(3,4)18-12(17-13)10-6-8-11(9-7-10)19(5,15)16/h6,11-12H,7-9H2,1-5H3. The van der Waals surface area contributed by atoms with Crippen LogP contribution >= 0.6 is 0 Å². The molecule has 0 aromatic rings. The van der Waals surface area contributed by atoms with Gasteiger partial charge in [0.1, 0.15) is 0 Å². The smallest absolute Gasteiger partial charge is 0.181 e. The second-order valence-corrected chi connectivity index (χ2v) is 8.92. The summed E-state index contributed by atoms with van der Waals surface area (Å²) in [6, 6.07) is 0. The fraction of sp³-hybridized carbons (Fsp3) is 0.857. The summed E-state index contributed by atoms with van der Waals surface area (Å²) in [5.74, 6) is 0. The summed E-state index contributed by atoms with van der Waals surface area (Å²) >= 11 is 0. The number of allylic oxidation sites excluding steroid dienone is 1. The summed E-state index contributed by atoms with van der Waals surface area (Å²) in [7, 11) is -2.94. The lowest BCUT2D eigenvalue weighted by molar-refractivity contribution is -0.0615. The van der Waals surface area contributed by atoms with Crippen LogP contribution in [0.1, 0.15) is 47.0 Å². The molecule has 1 aliphatic heterocycles. The molecule has 1 fully saturated rings. The van der Waals surface area contributed by atoms with Crippen molar-refractivity contribution in [2.75, 3.05) is 6.26 Å². The third-order valence-corrected chi connectivity index (χ3v) is 6.20. The van der Waals surface area contributed by atoms with Crippen molar-refractivity contribution in [1.82, 2.24) is 0 Å². The number of hydrogen-bond acceptors (Lipinski definition) is 4. The van der Waals surface area contributed by atoms with Gasteiger partial charge in [0.15, 0.2) is 16.1 Å². The highest BCUT2D eigenvalue weighted by Gasteiger charge is 2.50. The summed E-state index contributed by atoms with van der Waals surface area (Å²) in [6.07, 6.45) is 4.93. The summed E-state index contributed by atoms with van der Waals surface area (Å²) < 4.78 is 35.0. The van der Waals surface area contributed by atoms with Crippen LogP contribution in [0.5, 0.6) is 0 Å². The average molecular weight is 288 g/mol. The molecule has 0 aromatic heterocycles. The topological polar surface area (TPSA) is 52.6 Å². The monoisotopic (exact) mass is 288 g/mol. The van der Waals surface area contributed by atoms with Gasteiger partial charge in [0.25, 0.3) is 0 Å². The lowest BCUT2D eigenvalue weighted by Crippen LogP contribution is -2.41. The third-order valence-electron chi connectivity index (χ3n) is 4.56. The van der Waals surface area contributed by atoms with Gasteiger partial charge in [-0.25, -0.2) is 8.42 Å². The van der Waals surface area contributed by atoms with Crippen molar-refractivity contribution in [3.63, 3.8) is 0 Å². The molecule has 0 spiro atoms. The normalized spacial score (nSPS) is 31.2. The van der Waals surface area contributed by atoms with Crippen LogP contribution < -0.4 is 0 Å². The molecule has 4 nitrogen and oxygen atoms in total. The van der Waals surface area contributed by atoms with E-state index in [1.54, 1.807) is 0 Å². The fourth-order valence-electron chi connectivity index (χ4n) is 2.43. The lowest BCUT2D eigenvalue weighted by atomic mass is 9.90. The Balaban J connectivity index is 2.09. The molecule has 0 amide bonds. The molecule has 1 heterocycles. The molecule has 110 valence electrons. The molecule has 0 bridgehead atoms. The van der Waals surface area contributed by atoms with Crippen LogP contribution in [0.4, 0.5) is 0 Å². The van der Waals surface area contributed by atoms with Crippen LogP contribution in [0.3, 0.4) is 0 Å². The Kier molecular flexibility index (Phi) is 3.61. The van der Waals surface area contributed by atoms with Gasteiger partial charge in [0, 0.05) is 6.26 Å². The average Bonchev–Trinajstić information content (AvgIpc) is 2.47. The Hall–Kier alpha value is -0.390. The van der Waals surface area contributed by atoms with E-state index in [0.29, 0.717) is 12.8 Å². The number of rotatable bonds is 2. The van der Waals surface area contributed by atoms with Gasteiger partial charge < -0.3 is 9.47 Å². The molecule has 1 unspecified atom stereocenters. The van der Waals surface area contributed by atoms with E-state index in [1.807, 2.05) is 33.8 Å². The minimum absolute atomic E-state index is 0.251. The third kappa shape index (κ3) is 2.88. The summed E-state index contributed by atoms with van der Waals surface area (Å²) in [5, 5.41) is -0.251. The van der Waals surface area contributed by atoms with Gasteiger partial charge in [-0.1, -0.05) is 6.08 Å². The first-order valence-electron chi connectivity index (χ1n) is 6.76. The van der Waals surface area contributed by atoms with E-state index in [0.717, 1.165) is 12.0 Å². The second kappa shape index (κ2) is 4.57. The Morgan fingerprint density at radius 1 is 1.16 bits per heavy atom. The van der Waals surface area contributed by atoms with Gasteiger partial charge in [0.05, 0.1) is 16.5 Å². The predicted octanol–water partition coefficient (Wildman–Crippen LogP) is 2.44. The molecule has 1 saturated heterocycles. The van der Waals surface area contributed by atoms with Crippen LogP contribution in [0, 0.1) is 0 Å². The molecule has 1 aliphatic carbocycles. The van der Waals surface area contributed by atoms with Crippen LogP contribution in [-0.4, -0.2) is 37.4 Å². The molecule has 1 atom stereocenters. The number of sulfone groups is 1. The molecule has 0 N–H and O–H groups in total. The van der Waals surface area contributed by atoms with Gasteiger partial charge >= 0.3 is 0 Å². The lowest BCUT2D eigenvalue weighted by Gasteiger charge is -2.30. The molecule has 5 heteroatoms. The van der Waals surface area contributed by atoms with Gasteiger partial charge in [-0.3, -0.25) is 0 Å². The van der Waals surface area contributed by atoms with E-state index in [2.05, 4.69) is 0 Å². The van der Waals surface area contributed by atoms with Crippen molar-refractivity contribution in [2.24, 2.45) is 0 Å². The maximum absolute atomic E-state index is 11.5. The maximum Gasteiger partial charge on any atom is 0.181 e. The molecule has 0 aromatic carbocycles. The number of ether oxygens (including phenoxy) is 2. The molecular formula is C14H24O4S. The maximum atomic E-state index is 11.5. The van der Waals surface area contributed by atoms with Crippen molar-refractivity contribution in [3.8, 4) is 0 Å². The molecular weight excluding hydrogens is 264 g/mol. The molecule has 2 rings (SSSR count). The Morgan fingerprint density at radius 2 is 1.68 bits per heavy atom. The van der Waals surface area contributed by atoms with Crippen LogP contribution in [0.15, 0.2) is 11.6 Å². The first-order valence-corrected chi connectivity index (χ1v) is 8.72. The van der Waals surface area contributed by atoms with E-state index in [4.69, 9.17) is 9.47 Å². The first-order chi connectivity index (χ1) is 8.53. The van der Waals surface area contributed by atoms with Crippen molar-refractivity contribution < 1.29 is 17.9 Å². The van der Waals surface area contributed by atoms with E-state index in [1.165, 1.54) is 6.26 Å². The highest BCUT2D eigenvalue weighted by Crippen LogP contribution is 2.42. The van der Waals surface area contributed by atoms with Crippen LogP contribution in [0.25, 0.3) is 0 Å². The largest absolute Gasteiger partial charge is 0.340 e. The quantitative estimate of drug-likeness (QED) is 0.732. The summed E-state index contributed by atoms with van der Waals surface area (Å²) in [5.41, 5.74) is 0.400. The van der Waals surface area contributed by atoms with Gasteiger partial charge in [0.2, 0.25) is 0 Å². The fourth-order valence-corrected chi connectivity index (χ4v) is 3.42. The zero-order valence-electron chi connectivity index (χ0n) is 12.4. The Labute approximate surface area is 116 Å². The summed E-state index contributed by atoms with van der Waals surface area (Å²) in [4.78, 5) is 0. The van der Waals surface area contributed by atoms with E-state index in [-0.39, 0.29) is 22.7 Å². The van der Waals surface area contributed by atoms with Crippen molar-refractivity contribution in [3.05, 3.63) is 11.6 Å². The zero-order valence-corrected chi connectivity index (χ0v) is 13.2. The number of hydrogen-bond donors (Lipinski definition) is 0. The first kappa shape index (κ1) is 15.0. The van der Waals surface area contributed by atoms with Gasteiger partial charge in [-0.2, -0.15) is 0 Å². The molecule has 2 aliphatic rings. The highest BCUT2D eigenvalue weighted by atomic mass is 32.2. The molecule has 0 radical (unpaired) electrons. The minimum Gasteiger partial charge on any atom is -0.340 e. The minimum atomic E-state index is -2.94. The van der Waals surface area contributed by atoms with Crippen molar-refractivity contribution >= 4 is 9.84 Å². The van der Waals surface area contributed by atoms with E-state index >= 15 is 0 Å². The van der Waals surface area contributed by atoms with Crippen molar-refractivity contribution in [2.45, 2.75) is 69.7 Å². The van der Waals surface area contributed by atoms with Crippen LogP contribution in [-0.2, 0) is 19.3 Å². The summed E-state index contributed by atoms with van der Waals surface area (Å²) in [6.45, 7) is 8.09. The highest BCUT2D eigenvalue weighted by molar-refractivity contribution is 7.91. The van der Waals surface area contributed by atoms with E-state index in [9.17, 15) is 8.42 Å². The molecule has 19 heavy (non-hydrogen) atoms. The molecule has 0 saturated carbocycles. The van der Waals surface area contributed by atoms with Gasteiger partial charge in [-0.15, -0.1) is 0 Å². The Bertz CT molecular complexity index is 472. The van der Waals surface area contributed by atoms with Crippen molar-refractivity contribution in [1.29, 1.82) is 0 Å². The SMILES string of the molecule is CC1(C)OC(C2=CCC(S(C)(=O)=O)CC2)OC1(C)C. The van der Waals surface area contributed by atoms with Crippen LogP contribution in [0.2, 0.25) is 0 Å². The Morgan fingerprint density at radius 3 is 2.05 bits per heavy atom. The van der Waals surface area contributed by atoms with Gasteiger partial charge in [-0.05, 0) is 52.5 Å². The zero-order chi connectivity index (χ0) is 14.5. The predicted molar refractivity (Wildman–Crippen MR) is 74.7 cm³/mol.